The minimum atomic E-state index is -4.50. The molecular formula is C15H13ClF3NO5. The second-order valence-electron chi connectivity index (χ2n) is 5.16. The number of ether oxygens (including phenoxy) is 2. The highest BCUT2D eigenvalue weighted by atomic mass is 35.5. The number of benzene rings is 1. The molecule has 2 rings (SSSR count). The average Bonchev–Trinajstić information content (AvgIpc) is 2.52. The Morgan fingerprint density at radius 1 is 1.32 bits per heavy atom. The Hall–Kier alpha value is -2.13. The van der Waals surface area contributed by atoms with Gasteiger partial charge in [-0.05, 0) is 35.9 Å². The van der Waals surface area contributed by atoms with Gasteiger partial charge in [0.05, 0.1) is 12.2 Å². The van der Waals surface area contributed by atoms with E-state index in [0.717, 1.165) is 36.1 Å². The summed E-state index contributed by atoms with van der Waals surface area (Å²) >= 11 is 5.36. The van der Waals surface area contributed by atoms with E-state index in [-0.39, 0.29) is 18.8 Å². The summed E-state index contributed by atoms with van der Waals surface area (Å²) in [7, 11) is 0. The third kappa shape index (κ3) is 4.49. The third-order valence-electron chi connectivity index (χ3n) is 3.42. The summed E-state index contributed by atoms with van der Waals surface area (Å²) in [6, 6.07) is 3.94. The molecule has 0 aliphatic carbocycles. The van der Waals surface area contributed by atoms with E-state index < -0.39 is 41.1 Å². The molecule has 0 aromatic heterocycles. The SMILES string of the molecule is CC(=O)OC(C(=O)Cl)C1OCCN(c2ccc(C(F)(F)F)cc2)C1=O. The number of carbonyl (C=O) groups excluding carboxylic acids is 3. The van der Waals surface area contributed by atoms with E-state index in [2.05, 4.69) is 0 Å². The third-order valence-corrected chi connectivity index (χ3v) is 3.63. The summed E-state index contributed by atoms with van der Waals surface area (Å²) in [5.74, 6) is -1.58. The van der Waals surface area contributed by atoms with Crippen molar-refractivity contribution in [1.82, 2.24) is 0 Å². The molecule has 0 N–H and O–H groups in total. The molecule has 1 aromatic rings. The second-order valence-corrected chi connectivity index (χ2v) is 5.53. The molecule has 6 nitrogen and oxygen atoms in total. The minimum absolute atomic E-state index is 0.0145. The molecule has 1 aliphatic heterocycles. The first-order chi connectivity index (χ1) is 11.6. The highest BCUT2D eigenvalue weighted by Gasteiger charge is 2.42. The number of halogens is 4. The van der Waals surface area contributed by atoms with Crippen molar-refractivity contribution in [3.05, 3.63) is 29.8 Å². The molecule has 2 atom stereocenters. The van der Waals surface area contributed by atoms with E-state index in [0.29, 0.717) is 0 Å². The number of morpholine rings is 1. The molecule has 25 heavy (non-hydrogen) atoms. The van der Waals surface area contributed by atoms with Crippen LogP contribution < -0.4 is 4.90 Å². The molecule has 0 bridgehead atoms. The first-order valence-corrected chi connectivity index (χ1v) is 7.46. The lowest BCUT2D eigenvalue weighted by molar-refractivity contribution is -0.165. The number of hydrogen-bond acceptors (Lipinski definition) is 5. The summed E-state index contributed by atoms with van der Waals surface area (Å²) in [5.41, 5.74) is -0.669. The lowest BCUT2D eigenvalue weighted by atomic mass is 10.1. The van der Waals surface area contributed by atoms with Crippen LogP contribution in [0.2, 0.25) is 0 Å². The van der Waals surface area contributed by atoms with E-state index in [1.165, 1.54) is 0 Å². The molecule has 136 valence electrons. The topological polar surface area (TPSA) is 72.9 Å². The lowest BCUT2D eigenvalue weighted by Crippen LogP contribution is -2.55. The molecule has 1 saturated heterocycles. The number of esters is 1. The van der Waals surface area contributed by atoms with Crippen molar-refractivity contribution in [2.24, 2.45) is 0 Å². The molecule has 0 radical (unpaired) electrons. The molecule has 0 spiro atoms. The Labute approximate surface area is 145 Å². The first kappa shape index (κ1) is 19.2. The Kier molecular flexibility index (Phi) is 5.69. The van der Waals surface area contributed by atoms with E-state index in [9.17, 15) is 27.6 Å². The summed E-state index contributed by atoms with van der Waals surface area (Å²) in [4.78, 5) is 36.2. The maximum absolute atomic E-state index is 12.6. The maximum Gasteiger partial charge on any atom is 0.416 e. The fraction of sp³-hybridized carbons (Fsp3) is 0.400. The summed E-state index contributed by atoms with van der Waals surface area (Å²) in [6.07, 6.45) is -7.60. The second kappa shape index (κ2) is 7.40. The van der Waals surface area contributed by atoms with Gasteiger partial charge in [0, 0.05) is 19.2 Å². The lowest BCUT2D eigenvalue weighted by Gasteiger charge is -2.34. The standard InChI is InChI=1S/C15H13ClF3NO5/c1-8(21)25-11(13(16)22)12-14(23)20(6-7-24-12)10-4-2-9(3-5-10)15(17,18)19/h2-5,11-12H,6-7H2,1H3. The van der Waals surface area contributed by atoms with Crippen LogP contribution in [0.4, 0.5) is 18.9 Å². The van der Waals surface area contributed by atoms with Crippen LogP contribution in [0.1, 0.15) is 12.5 Å². The van der Waals surface area contributed by atoms with Crippen LogP contribution in [0.3, 0.4) is 0 Å². The smallest absolute Gasteiger partial charge is 0.416 e. The van der Waals surface area contributed by atoms with Crippen LogP contribution in [0.15, 0.2) is 24.3 Å². The largest absolute Gasteiger partial charge is 0.450 e. The maximum atomic E-state index is 12.6. The van der Waals surface area contributed by atoms with Gasteiger partial charge in [-0.2, -0.15) is 13.2 Å². The summed E-state index contributed by atoms with van der Waals surface area (Å²) in [5, 5.41) is -1.09. The Bertz CT molecular complexity index is 677. The fourth-order valence-corrected chi connectivity index (χ4v) is 2.47. The van der Waals surface area contributed by atoms with Crippen LogP contribution >= 0.6 is 11.6 Å². The molecule has 1 fully saturated rings. The molecule has 1 aromatic carbocycles. The van der Waals surface area contributed by atoms with Gasteiger partial charge in [-0.1, -0.05) is 0 Å². The Balaban J connectivity index is 2.24. The molecule has 0 saturated carbocycles. The number of carbonyl (C=O) groups is 3. The molecule has 1 aliphatic rings. The number of amides is 1. The highest BCUT2D eigenvalue weighted by molar-refractivity contribution is 6.65. The van der Waals surface area contributed by atoms with Crippen LogP contribution in [0, 0.1) is 0 Å². The van der Waals surface area contributed by atoms with Gasteiger partial charge in [0.25, 0.3) is 11.1 Å². The van der Waals surface area contributed by atoms with Gasteiger partial charge in [-0.25, -0.2) is 0 Å². The van der Waals surface area contributed by atoms with Gasteiger partial charge in [0.15, 0.2) is 6.10 Å². The monoisotopic (exact) mass is 379 g/mol. The number of anilines is 1. The van der Waals surface area contributed by atoms with Crippen LogP contribution in [0.5, 0.6) is 0 Å². The quantitative estimate of drug-likeness (QED) is 0.592. The predicted octanol–water partition coefficient (Wildman–Crippen LogP) is 2.13. The zero-order valence-electron chi connectivity index (χ0n) is 12.9. The van der Waals surface area contributed by atoms with Crippen molar-refractivity contribution in [2.45, 2.75) is 25.3 Å². The molecule has 1 amide bonds. The number of alkyl halides is 3. The van der Waals surface area contributed by atoms with Crippen molar-refractivity contribution >= 4 is 34.4 Å². The van der Waals surface area contributed by atoms with Crippen molar-refractivity contribution in [3.8, 4) is 0 Å². The number of rotatable bonds is 4. The molecular weight excluding hydrogens is 367 g/mol. The van der Waals surface area contributed by atoms with Gasteiger partial charge in [-0.15, -0.1) is 0 Å². The van der Waals surface area contributed by atoms with E-state index >= 15 is 0 Å². The Morgan fingerprint density at radius 3 is 2.40 bits per heavy atom. The number of nitrogens with zero attached hydrogens (tertiary/aromatic N) is 1. The highest BCUT2D eigenvalue weighted by Crippen LogP contribution is 2.31. The van der Waals surface area contributed by atoms with Gasteiger partial charge in [-0.3, -0.25) is 14.4 Å². The fourth-order valence-electron chi connectivity index (χ4n) is 2.32. The minimum Gasteiger partial charge on any atom is -0.450 e. The molecule has 10 heteroatoms. The van der Waals surface area contributed by atoms with E-state index in [1.807, 2.05) is 0 Å². The molecule has 2 unspecified atom stereocenters. The van der Waals surface area contributed by atoms with Gasteiger partial charge < -0.3 is 14.4 Å². The van der Waals surface area contributed by atoms with E-state index in [1.54, 1.807) is 0 Å². The van der Waals surface area contributed by atoms with Crippen LogP contribution in [0.25, 0.3) is 0 Å². The summed E-state index contributed by atoms with van der Waals surface area (Å²) < 4.78 is 47.8. The van der Waals surface area contributed by atoms with Crippen molar-refractivity contribution < 1.29 is 37.0 Å². The van der Waals surface area contributed by atoms with E-state index in [4.69, 9.17) is 21.1 Å². The molecule has 1 heterocycles. The van der Waals surface area contributed by atoms with Crippen molar-refractivity contribution in [2.75, 3.05) is 18.1 Å². The normalized spacial score (nSPS) is 19.5. The van der Waals surface area contributed by atoms with Crippen molar-refractivity contribution in [3.63, 3.8) is 0 Å². The zero-order valence-corrected chi connectivity index (χ0v) is 13.6. The predicted molar refractivity (Wildman–Crippen MR) is 80.0 cm³/mol. The average molecular weight is 380 g/mol. The zero-order chi connectivity index (χ0) is 18.8. The number of hydrogen-bond donors (Lipinski definition) is 0. The van der Waals surface area contributed by atoms with Crippen molar-refractivity contribution in [1.29, 1.82) is 0 Å². The summed E-state index contributed by atoms with van der Waals surface area (Å²) in [6.45, 7) is 1.08. The Morgan fingerprint density at radius 2 is 1.92 bits per heavy atom. The van der Waals surface area contributed by atoms with Gasteiger partial charge >= 0.3 is 12.1 Å². The van der Waals surface area contributed by atoms with Gasteiger partial charge in [0.2, 0.25) is 6.10 Å². The van der Waals surface area contributed by atoms with Gasteiger partial charge in [0.1, 0.15) is 0 Å². The van der Waals surface area contributed by atoms with Crippen LogP contribution in [-0.4, -0.2) is 42.5 Å². The van der Waals surface area contributed by atoms with Crippen LogP contribution in [-0.2, 0) is 30.0 Å². The first-order valence-electron chi connectivity index (χ1n) is 7.08.